The fraction of sp³-hybridized carbons (Fsp3) is 0.176. The molecule has 5 heteroatoms. The molecule has 5 nitrogen and oxygen atoms in total. The predicted octanol–water partition coefficient (Wildman–Crippen LogP) is 3.02. The van der Waals surface area contributed by atoms with Gasteiger partial charge in [-0.15, -0.1) is 0 Å². The number of anilines is 1. The third-order valence-corrected chi connectivity index (χ3v) is 3.51. The summed E-state index contributed by atoms with van der Waals surface area (Å²) in [6.07, 6.45) is 1.53. The summed E-state index contributed by atoms with van der Waals surface area (Å²) in [5.74, 6) is 0.485. The second-order valence-corrected chi connectivity index (χ2v) is 5.29. The number of para-hydroxylation sites is 1. The molecule has 110 valence electrons. The molecule has 3 rings (SSSR count). The van der Waals surface area contributed by atoms with E-state index < -0.39 is 5.60 Å². The Kier molecular flexibility index (Phi) is 3.53. The zero-order valence-electron chi connectivity index (χ0n) is 12.1. The summed E-state index contributed by atoms with van der Waals surface area (Å²) in [5.41, 5.74) is 0.676. The van der Waals surface area contributed by atoms with Crippen molar-refractivity contribution in [2.24, 2.45) is 0 Å². The maximum atomic E-state index is 10.5. The lowest BCUT2D eigenvalue weighted by Crippen LogP contribution is -2.30. The van der Waals surface area contributed by atoms with Crippen molar-refractivity contribution >= 4 is 16.6 Å². The van der Waals surface area contributed by atoms with E-state index in [-0.39, 0.29) is 6.54 Å². The molecule has 22 heavy (non-hydrogen) atoms. The van der Waals surface area contributed by atoms with E-state index in [0.29, 0.717) is 11.5 Å². The minimum atomic E-state index is -1.15. The standard InChI is InChI=1S/C17H15N3O2/c1-17(21,16-7-4-8-22-16)11-19-15-9-12(10-18)20-14-6-3-2-5-13(14)15/h2-9,21H,11H2,1H3,(H,19,20). The van der Waals surface area contributed by atoms with Crippen molar-refractivity contribution in [1.82, 2.24) is 4.98 Å². The van der Waals surface area contributed by atoms with Crippen LogP contribution in [0.25, 0.3) is 10.9 Å². The van der Waals surface area contributed by atoms with E-state index in [0.717, 1.165) is 16.6 Å². The van der Waals surface area contributed by atoms with Crippen LogP contribution in [0.2, 0.25) is 0 Å². The van der Waals surface area contributed by atoms with Gasteiger partial charge < -0.3 is 14.8 Å². The first kappa shape index (κ1) is 14.1. The van der Waals surface area contributed by atoms with E-state index in [1.807, 2.05) is 24.3 Å². The minimum absolute atomic E-state index is 0.249. The lowest BCUT2D eigenvalue weighted by Gasteiger charge is -2.22. The molecule has 0 spiro atoms. The van der Waals surface area contributed by atoms with E-state index in [1.54, 1.807) is 25.1 Å². The molecule has 2 heterocycles. The summed E-state index contributed by atoms with van der Waals surface area (Å²) < 4.78 is 5.26. The van der Waals surface area contributed by atoms with Crippen molar-refractivity contribution < 1.29 is 9.52 Å². The fourth-order valence-electron chi connectivity index (χ4n) is 2.32. The Bertz CT molecular complexity index is 833. The number of nitriles is 1. The average molecular weight is 293 g/mol. The zero-order chi connectivity index (χ0) is 15.6. The van der Waals surface area contributed by atoms with Gasteiger partial charge in [0.1, 0.15) is 23.1 Å². The van der Waals surface area contributed by atoms with Crippen LogP contribution >= 0.6 is 0 Å². The SMILES string of the molecule is CC(O)(CNc1cc(C#N)nc2ccccc12)c1ccco1. The normalized spacial score (nSPS) is 13.5. The molecule has 0 saturated heterocycles. The molecule has 1 aromatic carbocycles. The van der Waals surface area contributed by atoms with E-state index in [2.05, 4.69) is 16.4 Å². The predicted molar refractivity (Wildman–Crippen MR) is 83.2 cm³/mol. The Labute approximate surface area is 127 Å². The first-order chi connectivity index (χ1) is 10.6. The van der Waals surface area contributed by atoms with Crippen molar-refractivity contribution in [3.05, 3.63) is 60.2 Å². The molecule has 1 atom stereocenters. The summed E-state index contributed by atoms with van der Waals surface area (Å²) in [6, 6.07) is 14.8. The van der Waals surface area contributed by atoms with Crippen LogP contribution in [0.5, 0.6) is 0 Å². The number of hydrogen-bond donors (Lipinski definition) is 2. The molecular formula is C17H15N3O2. The molecule has 0 aliphatic carbocycles. The first-order valence-electron chi connectivity index (χ1n) is 6.90. The van der Waals surface area contributed by atoms with Crippen LogP contribution in [0.3, 0.4) is 0 Å². The Morgan fingerprint density at radius 2 is 2.14 bits per heavy atom. The molecule has 3 aromatic rings. The third kappa shape index (κ3) is 2.65. The molecule has 0 fully saturated rings. The molecular weight excluding hydrogens is 278 g/mol. The molecule has 0 aliphatic heterocycles. The maximum Gasteiger partial charge on any atom is 0.143 e. The number of pyridine rings is 1. The van der Waals surface area contributed by atoms with Gasteiger partial charge in [0.05, 0.1) is 18.3 Å². The summed E-state index contributed by atoms with van der Waals surface area (Å²) in [4.78, 5) is 4.27. The van der Waals surface area contributed by atoms with Gasteiger partial charge in [0.25, 0.3) is 0 Å². The fourth-order valence-corrected chi connectivity index (χ4v) is 2.32. The van der Waals surface area contributed by atoms with E-state index >= 15 is 0 Å². The van der Waals surface area contributed by atoms with E-state index in [9.17, 15) is 5.11 Å². The zero-order valence-corrected chi connectivity index (χ0v) is 12.1. The molecule has 2 aromatic heterocycles. The molecule has 0 aliphatic rings. The number of aromatic nitrogens is 1. The molecule has 1 unspecified atom stereocenters. The topological polar surface area (TPSA) is 82.1 Å². The molecule has 0 bridgehead atoms. The van der Waals surface area contributed by atoms with Gasteiger partial charge in [0.15, 0.2) is 0 Å². The number of furan rings is 1. The Hall–Kier alpha value is -2.84. The summed E-state index contributed by atoms with van der Waals surface area (Å²) >= 11 is 0. The summed E-state index contributed by atoms with van der Waals surface area (Å²) in [5, 5.41) is 23.7. The maximum absolute atomic E-state index is 10.5. The summed E-state index contributed by atoms with van der Waals surface area (Å²) in [7, 11) is 0. The van der Waals surface area contributed by atoms with Gasteiger partial charge in [-0.25, -0.2) is 4.98 Å². The monoisotopic (exact) mass is 293 g/mol. The third-order valence-electron chi connectivity index (χ3n) is 3.51. The van der Waals surface area contributed by atoms with Crippen molar-refractivity contribution in [1.29, 1.82) is 5.26 Å². The highest BCUT2D eigenvalue weighted by Crippen LogP contribution is 2.26. The second kappa shape index (κ2) is 5.51. The smallest absolute Gasteiger partial charge is 0.143 e. The minimum Gasteiger partial charge on any atom is -0.466 e. The molecule has 0 saturated carbocycles. The molecule has 0 radical (unpaired) electrons. The van der Waals surface area contributed by atoms with Crippen molar-refractivity contribution in [3.63, 3.8) is 0 Å². The van der Waals surface area contributed by atoms with Crippen LogP contribution in [0.15, 0.2) is 53.1 Å². The number of benzene rings is 1. The van der Waals surface area contributed by atoms with Gasteiger partial charge in [-0.05, 0) is 31.2 Å². The lowest BCUT2D eigenvalue weighted by molar-refractivity contribution is 0.0477. The molecule has 0 amide bonds. The van der Waals surface area contributed by atoms with Crippen molar-refractivity contribution in [2.45, 2.75) is 12.5 Å². The lowest BCUT2D eigenvalue weighted by atomic mass is 10.0. The van der Waals surface area contributed by atoms with Crippen LogP contribution in [-0.2, 0) is 5.60 Å². The number of nitrogens with one attached hydrogen (secondary N) is 1. The van der Waals surface area contributed by atoms with Crippen LogP contribution in [0, 0.1) is 11.3 Å². The van der Waals surface area contributed by atoms with Crippen LogP contribution in [0.4, 0.5) is 5.69 Å². The Morgan fingerprint density at radius 1 is 1.32 bits per heavy atom. The number of nitrogens with zero attached hydrogens (tertiary/aromatic N) is 2. The number of aliphatic hydroxyl groups is 1. The van der Waals surface area contributed by atoms with Crippen molar-refractivity contribution in [2.75, 3.05) is 11.9 Å². The Morgan fingerprint density at radius 3 is 2.86 bits per heavy atom. The van der Waals surface area contributed by atoms with Crippen LogP contribution in [0.1, 0.15) is 18.4 Å². The van der Waals surface area contributed by atoms with Gasteiger partial charge in [-0.1, -0.05) is 18.2 Å². The van der Waals surface area contributed by atoms with Gasteiger partial charge in [0, 0.05) is 11.1 Å². The Balaban J connectivity index is 1.92. The highest BCUT2D eigenvalue weighted by molar-refractivity contribution is 5.91. The van der Waals surface area contributed by atoms with Gasteiger partial charge in [0.2, 0.25) is 0 Å². The first-order valence-corrected chi connectivity index (χ1v) is 6.90. The highest BCUT2D eigenvalue weighted by Gasteiger charge is 2.26. The summed E-state index contributed by atoms with van der Waals surface area (Å²) in [6.45, 7) is 1.92. The largest absolute Gasteiger partial charge is 0.466 e. The average Bonchev–Trinajstić information content (AvgIpc) is 3.07. The highest BCUT2D eigenvalue weighted by atomic mass is 16.4. The number of rotatable bonds is 4. The van der Waals surface area contributed by atoms with E-state index in [1.165, 1.54) is 6.26 Å². The van der Waals surface area contributed by atoms with E-state index in [4.69, 9.17) is 9.68 Å². The van der Waals surface area contributed by atoms with Gasteiger partial charge in [-0.2, -0.15) is 5.26 Å². The second-order valence-electron chi connectivity index (χ2n) is 5.29. The van der Waals surface area contributed by atoms with Crippen LogP contribution in [-0.4, -0.2) is 16.6 Å². The quantitative estimate of drug-likeness (QED) is 0.772. The van der Waals surface area contributed by atoms with Crippen molar-refractivity contribution in [3.8, 4) is 6.07 Å². The molecule has 2 N–H and O–H groups in total. The number of fused-ring (bicyclic) bond motifs is 1. The van der Waals surface area contributed by atoms with Crippen LogP contribution < -0.4 is 5.32 Å². The van der Waals surface area contributed by atoms with Gasteiger partial charge in [-0.3, -0.25) is 0 Å². The van der Waals surface area contributed by atoms with Gasteiger partial charge >= 0.3 is 0 Å². The number of hydrogen-bond acceptors (Lipinski definition) is 5.